The number of aryl methyl sites for hydroxylation is 3. The number of hydrogen-bond acceptors (Lipinski definition) is 6. The first-order valence-corrected chi connectivity index (χ1v) is 16.6. The molecule has 1 aliphatic carbocycles. The number of fused-ring (bicyclic) bond motifs is 3. The molecule has 0 radical (unpaired) electrons. The van der Waals surface area contributed by atoms with Gasteiger partial charge in [-0.25, -0.2) is 10.6 Å². The van der Waals surface area contributed by atoms with E-state index in [-0.39, 0.29) is 30.9 Å². The minimum atomic E-state index is -0.463. The molecule has 244 valence electrons. The van der Waals surface area contributed by atoms with Crippen LogP contribution in [0.3, 0.4) is 0 Å². The fraction of sp³-hybridized carbons (Fsp3) is 0.528. The van der Waals surface area contributed by atoms with E-state index in [4.69, 9.17) is 21.1 Å². The van der Waals surface area contributed by atoms with Crippen molar-refractivity contribution in [1.29, 1.82) is 0 Å². The van der Waals surface area contributed by atoms with Crippen LogP contribution in [0.15, 0.2) is 30.3 Å². The van der Waals surface area contributed by atoms with Gasteiger partial charge in [-0.05, 0) is 98.2 Å². The van der Waals surface area contributed by atoms with Gasteiger partial charge in [-0.15, -0.1) is 0 Å². The topological polar surface area (TPSA) is 139 Å². The van der Waals surface area contributed by atoms with Crippen LogP contribution in [0.4, 0.5) is 0 Å². The summed E-state index contributed by atoms with van der Waals surface area (Å²) in [7, 11) is 0. The predicted molar refractivity (Wildman–Crippen MR) is 177 cm³/mol. The third-order valence-electron chi connectivity index (χ3n) is 8.79. The average molecular weight is 619 g/mol. The molecule has 4 rings (SSSR count). The number of amides is 2. The van der Waals surface area contributed by atoms with Crippen molar-refractivity contribution in [3.8, 4) is 11.4 Å². The smallest absolute Gasteiger partial charge is 0.344 e. The molecular formula is C36H50N4O5. The SMILES string of the molecule is CCCc1cc(CCC)cc(-n2c3c(c4c(OCC(=O)OCC)ccc(CCCCCC(N)=O)c42)C(C(=O)NN)CCC3C)c1. The molecule has 0 saturated carbocycles. The number of carbonyl (C=O) groups is 3. The highest BCUT2D eigenvalue weighted by Gasteiger charge is 2.37. The van der Waals surface area contributed by atoms with E-state index in [0.29, 0.717) is 18.6 Å². The highest BCUT2D eigenvalue weighted by molar-refractivity contribution is 6.00. The first kappa shape index (κ1) is 34.0. The Kier molecular flexibility index (Phi) is 12.0. The number of hydrazine groups is 1. The summed E-state index contributed by atoms with van der Waals surface area (Å²) < 4.78 is 13.7. The Morgan fingerprint density at radius 1 is 0.956 bits per heavy atom. The first-order valence-electron chi connectivity index (χ1n) is 16.6. The lowest BCUT2D eigenvalue weighted by atomic mass is 9.79. The fourth-order valence-corrected chi connectivity index (χ4v) is 6.86. The third kappa shape index (κ3) is 7.87. The number of nitrogens with zero attached hydrogens (tertiary/aromatic N) is 1. The summed E-state index contributed by atoms with van der Waals surface area (Å²) in [5.41, 5.74) is 15.6. The molecule has 0 aliphatic heterocycles. The molecule has 0 spiro atoms. The van der Waals surface area contributed by atoms with E-state index < -0.39 is 11.9 Å². The molecule has 9 heteroatoms. The van der Waals surface area contributed by atoms with Crippen LogP contribution in [0.5, 0.6) is 5.75 Å². The minimum absolute atomic E-state index is 0.167. The fourth-order valence-electron chi connectivity index (χ4n) is 6.86. The summed E-state index contributed by atoms with van der Waals surface area (Å²) in [6, 6.07) is 10.9. The van der Waals surface area contributed by atoms with Gasteiger partial charge in [-0.3, -0.25) is 15.0 Å². The van der Waals surface area contributed by atoms with Crippen LogP contribution in [0.1, 0.15) is 119 Å². The minimum Gasteiger partial charge on any atom is -0.481 e. The number of esters is 1. The summed E-state index contributed by atoms with van der Waals surface area (Å²) in [6.45, 7) is 8.41. The summed E-state index contributed by atoms with van der Waals surface area (Å²) in [6.07, 6.45) is 9.14. The first-order chi connectivity index (χ1) is 21.7. The second-order valence-corrected chi connectivity index (χ2v) is 12.2. The van der Waals surface area contributed by atoms with E-state index >= 15 is 0 Å². The van der Waals surface area contributed by atoms with Crippen LogP contribution < -0.4 is 21.7 Å². The number of hydrogen-bond donors (Lipinski definition) is 3. The highest BCUT2D eigenvalue weighted by atomic mass is 16.6. The van der Waals surface area contributed by atoms with E-state index in [1.807, 2.05) is 6.07 Å². The van der Waals surface area contributed by atoms with Crippen LogP contribution in [0, 0.1) is 0 Å². The summed E-state index contributed by atoms with van der Waals surface area (Å²) in [5, 5.41) is 0.849. The van der Waals surface area contributed by atoms with Gasteiger partial charge in [-0.1, -0.05) is 52.2 Å². The third-order valence-corrected chi connectivity index (χ3v) is 8.79. The van der Waals surface area contributed by atoms with E-state index in [9.17, 15) is 14.4 Å². The molecule has 2 atom stereocenters. The number of aromatic nitrogens is 1. The molecule has 5 N–H and O–H groups in total. The average Bonchev–Trinajstić information content (AvgIpc) is 3.38. The molecule has 1 aliphatic rings. The van der Waals surface area contributed by atoms with Crippen LogP contribution in [-0.4, -0.2) is 35.6 Å². The van der Waals surface area contributed by atoms with Crippen molar-refractivity contribution in [3.05, 3.63) is 58.3 Å². The maximum Gasteiger partial charge on any atom is 0.344 e. The monoisotopic (exact) mass is 618 g/mol. The second-order valence-electron chi connectivity index (χ2n) is 12.2. The van der Waals surface area contributed by atoms with Crippen molar-refractivity contribution in [1.82, 2.24) is 9.99 Å². The molecule has 2 aromatic carbocycles. The molecule has 2 unspecified atom stereocenters. The number of unbranched alkanes of at least 4 members (excludes halogenated alkanes) is 2. The Hall–Kier alpha value is -3.85. The van der Waals surface area contributed by atoms with Crippen LogP contribution in [0.25, 0.3) is 16.6 Å². The Balaban J connectivity index is 2.02. The predicted octanol–water partition coefficient (Wildman–Crippen LogP) is 6.04. The van der Waals surface area contributed by atoms with Gasteiger partial charge in [0.1, 0.15) is 5.75 Å². The summed E-state index contributed by atoms with van der Waals surface area (Å²) >= 11 is 0. The van der Waals surface area contributed by atoms with Gasteiger partial charge >= 0.3 is 5.97 Å². The summed E-state index contributed by atoms with van der Waals surface area (Å²) in [5.74, 6) is 5.04. The lowest BCUT2D eigenvalue weighted by Crippen LogP contribution is -2.36. The van der Waals surface area contributed by atoms with Crippen molar-refractivity contribution in [2.24, 2.45) is 11.6 Å². The Labute approximate surface area is 267 Å². The number of nitrogens with two attached hydrogens (primary N) is 2. The van der Waals surface area contributed by atoms with Crippen LogP contribution >= 0.6 is 0 Å². The van der Waals surface area contributed by atoms with Gasteiger partial charge in [0.2, 0.25) is 11.8 Å². The van der Waals surface area contributed by atoms with Crippen LogP contribution in [-0.2, 0) is 38.4 Å². The molecular weight excluding hydrogens is 568 g/mol. The molecule has 0 fully saturated rings. The Morgan fingerprint density at radius 3 is 2.29 bits per heavy atom. The van der Waals surface area contributed by atoms with E-state index in [1.165, 1.54) is 11.1 Å². The molecule has 1 heterocycles. The van der Waals surface area contributed by atoms with Gasteiger partial charge in [0.15, 0.2) is 6.61 Å². The lowest BCUT2D eigenvalue weighted by molar-refractivity contribution is -0.145. The quantitative estimate of drug-likeness (QED) is 0.0589. The Morgan fingerprint density at radius 2 is 1.67 bits per heavy atom. The standard InChI is InChI=1S/C36H50N4O5/c1-5-11-24-19-25(12-6-2)21-27(20-24)40-34-23(4)15-17-28(36(43)39-38)32(34)33-29(45-22-31(42)44-7-3)18-16-26(35(33)40)13-9-8-10-14-30(37)41/h16,18-21,23,28H,5-15,17,22,38H2,1-4H3,(H2,37,41)(H,39,43). The van der Waals surface area contributed by atoms with Gasteiger partial charge < -0.3 is 19.8 Å². The van der Waals surface area contributed by atoms with E-state index in [2.05, 4.69) is 55.0 Å². The molecule has 0 bridgehead atoms. The molecule has 0 saturated heterocycles. The Bertz CT molecular complexity index is 1490. The molecule has 9 nitrogen and oxygen atoms in total. The zero-order chi connectivity index (χ0) is 32.5. The number of primary amides is 1. The molecule has 45 heavy (non-hydrogen) atoms. The number of benzene rings is 2. The maximum absolute atomic E-state index is 13.4. The summed E-state index contributed by atoms with van der Waals surface area (Å²) in [4.78, 5) is 37.1. The lowest BCUT2D eigenvalue weighted by Gasteiger charge is -2.28. The van der Waals surface area contributed by atoms with Crippen molar-refractivity contribution in [3.63, 3.8) is 0 Å². The second kappa shape index (κ2) is 15.9. The van der Waals surface area contributed by atoms with Gasteiger partial charge in [0.25, 0.3) is 0 Å². The highest BCUT2D eigenvalue weighted by Crippen LogP contribution is 2.49. The molecule has 3 aromatic rings. The molecule has 2 amide bonds. The van der Waals surface area contributed by atoms with Crippen molar-refractivity contribution in [2.45, 2.75) is 110 Å². The normalized spacial score (nSPS) is 15.9. The number of nitrogens with one attached hydrogen (secondary N) is 1. The van der Waals surface area contributed by atoms with E-state index in [0.717, 1.165) is 91.2 Å². The zero-order valence-corrected chi connectivity index (χ0v) is 27.4. The van der Waals surface area contributed by atoms with E-state index in [1.54, 1.807) is 6.92 Å². The van der Waals surface area contributed by atoms with Gasteiger partial charge in [-0.2, -0.15) is 0 Å². The zero-order valence-electron chi connectivity index (χ0n) is 27.4. The van der Waals surface area contributed by atoms with Crippen molar-refractivity contribution in [2.75, 3.05) is 13.2 Å². The number of ether oxygens (including phenoxy) is 2. The number of rotatable bonds is 16. The van der Waals surface area contributed by atoms with Gasteiger partial charge in [0, 0.05) is 23.2 Å². The van der Waals surface area contributed by atoms with Crippen LogP contribution in [0.2, 0.25) is 0 Å². The van der Waals surface area contributed by atoms with Crippen molar-refractivity contribution < 1.29 is 23.9 Å². The van der Waals surface area contributed by atoms with Crippen molar-refractivity contribution >= 4 is 28.7 Å². The largest absolute Gasteiger partial charge is 0.481 e. The van der Waals surface area contributed by atoms with Gasteiger partial charge in [0.05, 0.1) is 18.0 Å². The maximum atomic E-state index is 13.4. The number of carbonyl (C=O) groups excluding carboxylic acids is 3. The molecule has 1 aromatic heterocycles.